The van der Waals surface area contributed by atoms with E-state index < -0.39 is 22.5 Å². The van der Waals surface area contributed by atoms with Gasteiger partial charge in [-0.1, -0.05) is 18.2 Å². The third-order valence-corrected chi connectivity index (χ3v) is 2.77. The Morgan fingerprint density at radius 3 is 2.77 bits per heavy atom. The average molecular weight is 306 g/mol. The number of benzene rings is 1. The van der Waals surface area contributed by atoms with Gasteiger partial charge in [0.25, 0.3) is 0 Å². The van der Waals surface area contributed by atoms with Crippen LogP contribution in [0.4, 0.5) is 10.2 Å². The lowest BCUT2D eigenvalue weighted by molar-refractivity contribution is -0.390. The number of aromatic nitrogens is 1. The molecule has 0 saturated heterocycles. The van der Waals surface area contributed by atoms with Crippen molar-refractivity contribution in [1.29, 1.82) is 0 Å². The van der Waals surface area contributed by atoms with Crippen molar-refractivity contribution in [2.75, 3.05) is 7.11 Å². The molecular formula is C14H11FN2O5. The quantitative estimate of drug-likeness (QED) is 0.479. The van der Waals surface area contributed by atoms with E-state index in [0.717, 1.165) is 12.3 Å². The maximum Gasteiger partial charge on any atom is 0.406 e. The van der Waals surface area contributed by atoms with Gasteiger partial charge in [0.15, 0.2) is 6.20 Å². The normalized spacial score (nSPS) is 10.1. The molecule has 22 heavy (non-hydrogen) atoms. The number of ether oxygens (including phenoxy) is 2. The van der Waals surface area contributed by atoms with Crippen molar-refractivity contribution in [2.24, 2.45) is 0 Å². The summed E-state index contributed by atoms with van der Waals surface area (Å²) in [5.74, 6) is -2.01. The highest BCUT2D eigenvalue weighted by Gasteiger charge is 2.21. The number of nitro groups is 1. The van der Waals surface area contributed by atoms with Gasteiger partial charge in [0.05, 0.1) is 7.11 Å². The Morgan fingerprint density at radius 2 is 2.14 bits per heavy atom. The van der Waals surface area contributed by atoms with E-state index in [2.05, 4.69) is 9.72 Å². The predicted octanol–water partition coefficient (Wildman–Crippen LogP) is 2.49. The van der Waals surface area contributed by atoms with Gasteiger partial charge in [-0.3, -0.25) is 0 Å². The Morgan fingerprint density at radius 1 is 1.41 bits per heavy atom. The fourth-order valence-electron chi connectivity index (χ4n) is 1.68. The number of rotatable bonds is 5. The monoisotopic (exact) mass is 306 g/mol. The highest BCUT2D eigenvalue weighted by molar-refractivity contribution is 5.89. The Labute approximate surface area is 124 Å². The first kappa shape index (κ1) is 15.4. The van der Waals surface area contributed by atoms with Crippen LogP contribution in [0.3, 0.4) is 0 Å². The highest BCUT2D eigenvalue weighted by atomic mass is 19.1. The van der Waals surface area contributed by atoms with Gasteiger partial charge in [-0.15, -0.1) is 0 Å². The van der Waals surface area contributed by atoms with Gasteiger partial charge in [-0.05, 0) is 16.0 Å². The van der Waals surface area contributed by atoms with E-state index in [-0.39, 0.29) is 23.5 Å². The van der Waals surface area contributed by atoms with Crippen LogP contribution in [0.2, 0.25) is 0 Å². The molecule has 0 fully saturated rings. The number of halogens is 1. The number of carbonyl (C=O) groups is 1. The Hall–Kier alpha value is -3.03. The largest absolute Gasteiger partial charge is 0.481 e. The summed E-state index contributed by atoms with van der Waals surface area (Å²) in [5.41, 5.74) is 0.219. The molecule has 2 aromatic rings. The molecule has 2 rings (SSSR count). The lowest BCUT2D eigenvalue weighted by atomic mass is 10.2. The molecule has 0 amide bonds. The molecule has 0 radical (unpaired) electrons. The third kappa shape index (κ3) is 3.35. The molecule has 0 unspecified atom stereocenters. The van der Waals surface area contributed by atoms with E-state index >= 15 is 0 Å². The number of pyridine rings is 1. The predicted molar refractivity (Wildman–Crippen MR) is 73.0 cm³/mol. The summed E-state index contributed by atoms with van der Waals surface area (Å²) >= 11 is 0. The Kier molecular flexibility index (Phi) is 4.62. The summed E-state index contributed by atoms with van der Waals surface area (Å²) < 4.78 is 23.3. The SMILES string of the molecule is COC(=O)c1cnc([N+](=O)[O-])c(OCc2ccccc2F)c1. The fourth-order valence-corrected chi connectivity index (χ4v) is 1.68. The van der Waals surface area contributed by atoms with Crippen LogP contribution in [-0.4, -0.2) is 23.0 Å². The van der Waals surface area contributed by atoms with Gasteiger partial charge in [0.1, 0.15) is 18.0 Å². The standard InChI is InChI=1S/C14H11FN2O5/c1-21-14(18)10-6-12(13(16-7-10)17(19)20)22-8-9-4-2-3-5-11(9)15/h2-7H,8H2,1H3. The molecule has 8 heteroatoms. The zero-order valence-corrected chi connectivity index (χ0v) is 11.5. The smallest absolute Gasteiger partial charge is 0.406 e. The molecule has 1 heterocycles. The van der Waals surface area contributed by atoms with Crippen LogP contribution in [0.5, 0.6) is 5.75 Å². The summed E-state index contributed by atoms with van der Waals surface area (Å²) in [4.78, 5) is 25.2. The minimum absolute atomic E-state index is 0.00312. The zero-order chi connectivity index (χ0) is 16.1. The molecule has 0 N–H and O–H groups in total. The lowest BCUT2D eigenvalue weighted by Crippen LogP contribution is -2.06. The Bertz CT molecular complexity index is 720. The fraction of sp³-hybridized carbons (Fsp3) is 0.143. The van der Waals surface area contributed by atoms with E-state index in [1.165, 1.54) is 25.3 Å². The summed E-state index contributed by atoms with van der Waals surface area (Å²) in [6, 6.07) is 6.99. The van der Waals surface area contributed by atoms with Crippen LogP contribution in [0.1, 0.15) is 15.9 Å². The number of esters is 1. The van der Waals surface area contributed by atoms with Crippen molar-refractivity contribution < 1.29 is 23.6 Å². The van der Waals surface area contributed by atoms with Gasteiger partial charge < -0.3 is 19.6 Å². The highest BCUT2D eigenvalue weighted by Crippen LogP contribution is 2.26. The van der Waals surface area contributed by atoms with Crippen molar-refractivity contribution in [1.82, 2.24) is 4.98 Å². The lowest BCUT2D eigenvalue weighted by Gasteiger charge is -2.08. The molecule has 0 spiro atoms. The van der Waals surface area contributed by atoms with Crippen LogP contribution < -0.4 is 4.74 Å². The first-order valence-electron chi connectivity index (χ1n) is 6.12. The van der Waals surface area contributed by atoms with Gasteiger partial charge in [0, 0.05) is 11.6 Å². The molecule has 7 nitrogen and oxygen atoms in total. The maximum absolute atomic E-state index is 13.5. The van der Waals surface area contributed by atoms with Gasteiger partial charge in [0.2, 0.25) is 5.75 Å². The minimum Gasteiger partial charge on any atom is -0.481 e. The number of nitrogens with zero attached hydrogens (tertiary/aromatic N) is 2. The summed E-state index contributed by atoms with van der Waals surface area (Å²) in [6.45, 7) is -0.236. The molecule has 0 saturated carbocycles. The van der Waals surface area contributed by atoms with Gasteiger partial charge in [-0.2, -0.15) is 0 Å². The molecule has 1 aromatic heterocycles. The van der Waals surface area contributed by atoms with Gasteiger partial charge >= 0.3 is 11.8 Å². The van der Waals surface area contributed by atoms with E-state index in [1.807, 2.05) is 0 Å². The second kappa shape index (κ2) is 6.61. The maximum atomic E-state index is 13.5. The van der Waals surface area contributed by atoms with Crippen molar-refractivity contribution >= 4 is 11.8 Å². The first-order chi connectivity index (χ1) is 10.5. The van der Waals surface area contributed by atoms with Crippen LogP contribution >= 0.6 is 0 Å². The molecule has 114 valence electrons. The van der Waals surface area contributed by atoms with Gasteiger partial charge in [-0.25, -0.2) is 9.18 Å². The van der Waals surface area contributed by atoms with Crippen LogP contribution in [0.25, 0.3) is 0 Å². The van der Waals surface area contributed by atoms with Crippen LogP contribution in [0, 0.1) is 15.9 Å². The Balaban J connectivity index is 2.29. The molecule has 0 aliphatic heterocycles. The van der Waals surface area contributed by atoms with E-state index in [4.69, 9.17) is 4.74 Å². The topological polar surface area (TPSA) is 91.6 Å². The average Bonchev–Trinajstić information content (AvgIpc) is 2.53. The zero-order valence-electron chi connectivity index (χ0n) is 11.5. The number of hydrogen-bond donors (Lipinski definition) is 0. The summed E-state index contributed by atoms with van der Waals surface area (Å²) in [7, 11) is 1.17. The van der Waals surface area contributed by atoms with E-state index in [0.29, 0.717) is 0 Å². The minimum atomic E-state index is -0.752. The number of carbonyl (C=O) groups excluding carboxylic acids is 1. The molecule has 0 aliphatic rings. The van der Waals surface area contributed by atoms with Crippen LogP contribution in [0.15, 0.2) is 36.5 Å². The molecular weight excluding hydrogens is 295 g/mol. The van der Waals surface area contributed by atoms with Crippen molar-refractivity contribution in [3.05, 3.63) is 63.6 Å². The molecule has 0 aliphatic carbocycles. The molecule has 1 aromatic carbocycles. The first-order valence-corrected chi connectivity index (χ1v) is 6.12. The van der Waals surface area contributed by atoms with Crippen molar-refractivity contribution in [3.8, 4) is 5.75 Å². The third-order valence-electron chi connectivity index (χ3n) is 2.77. The van der Waals surface area contributed by atoms with Crippen LogP contribution in [-0.2, 0) is 11.3 Å². The summed E-state index contributed by atoms with van der Waals surface area (Å²) in [6.07, 6.45) is 1.01. The molecule has 0 bridgehead atoms. The number of methoxy groups -OCH3 is 1. The molecule has 0 atom stereocenters. The van der Waals surface area contributed by atoms with Crippen molar-refractivity contribution in [3.63, 3.8) is 0 Å². The van der Waals surface area contributed by atoms with E-state index in [1.54, 1.807) is 6.07 Å². The summed E-state index contributed by atoms with van der Waals surface area (Å²) in [5, 5.41) is 10.9. The second-order valence-corrected chi connectivity index (χ2v) is 4.17. The van der Waals surface area contributed by atoms with E-state index in [9.17, 15) is 19.3 Å². The second-order valence-electron chi connectivity index (χ2n) is 4.17. The van der Waals surface area contributed by atoms with Crippen molar-refractivity contribution in [2.45, 2.75) is 6.61 Å². The number of hydrogen-bond acceptors (Lipinski definition) is 6.